The molecule has 3 aromatic rings. The Morgan fingerprint density at radius 2 is 2.13 bits per heavy atom. The van der Waals surface area contributed by atoms with Crippen LogP contribution in [-0.2, 0) is 32.0 Å². The van der Waals surface area contributed by atoms with Crippen molar-refractivity contribution >= 4 is 17.1 Å². The first-order chi connectivity index (χ1) is 11.0. The Hall–Kier alpha value is -3.17. The summed E-state index contributed by atoms with van der Waals surface area (Å²) in [6.07, 6.45) is 2.84. The lowest BCUT2D eigenvalue weighted by Gasteiger charge is -2.07. The third kappa shape index (κ3) is 2.54. The van der Waals surface area contributed by atoms with Gasteiger partial charge in [-0.25, -0.2) is 9.78 Å². The molecule has 1 amide bonds. The van der Waals surface area contributed by atoms with Crippen LogP contribution in [0.25, 0.3) is 11.2 Å². The monoisotopic (exact) mass is 320 g/mol. The zero-order valence-corrected chi connectivity index (χ0v) is 12.5. The number of aromatic nitrogens is 5. The second-order valence-electron chi connectivity index (χ2n) is 5.01. The molecule has 10 heteroatoms. The Balaban J connectivity index is 0.00000208. The summed E-state index contributed by atoms with van der Waals surface area (Å²) in [4.78, 5) is 40.1. The van der Waals surface area contributed by atoms with Crippen LogP contribution in [0.5, 0.6) is 0 Å². The number of fused-ring (bicyclic) bond motifs is 1. The molecule has 0 aromatic carbocycles. The maximum atomic E-state index is 12.2. The molecule has 122 valence electrons. The predicted octanol–water partition coefficient (Wildman–Crippen LogP) is -1.02. The van der Waals surface area contributed by atoms with Gasteiger partial charge in [-0.1, -0.05) is 5.16 Å². The molecule has 0 radical (unpaired) electrons. The van der Waals surface area contributed by atoms with Crippen molar-refractivity contribution in [2.45, 2.75) is 13.1 Å². The summed E-state index contributed by atoms with van der Waals surface area (Å²) in [6, 6.07) is 1.64. The number of imidazole rings is 1. The number of hydrogen-bond donors (Lipinski definition) is 1. The second-order valence-corrected chi connectivity index (χ2v) is 5.01. The zero-order chi connectivity index (χ0) is 16.6. The van der Waals surface area contributed by atoms with Crippen LogP contribution in [0.2, 0.25) is 0 Å². The Kier molecular flexibility index (Phi) is 3.56. The molecular weight excluding hydrogens is 304 g/mol. The van der Waals surface area contributed by atoms with Crippen LogP contribution < -0.4 is 16.6 Å². The van der Waals surface area contributed by atoms with E-state index < -0.39 is 11.2 Å². The number of nitrogens with one attached hydrogen (secondary N) is 1. The second kappa shape index (κ2) is 5.55. The molecule has 23 heavy (non-hydrogen) atoms. The molecule has 0 saturated heterocycles. The molecule has 3 aromatic heterocycles. The van der Waals surface area contributed by atoms with Crippen molar-refractivity contribution in [3.8, 4) is 0 Å². The van der Waals surface area contributed by atoms with Gasteiger partial charge < -0.3 is 14.4 Å². The molecule has 0 spiro atoms. The van der Waals surface area contributed by atoms with E-state index in [9.17, 15) is 14.4 Å². The fourth-order valence-electron chi connectivity index (χ4n) is 2.25. The highest BCUT2D eigenvalue weighted by Crippen LogP contribution is 2.05. The molecule has 3 heterocycles. The molecule has 0 atom stereocenters. The van der Waals surface area contributed by atoms with Crippen LogP contribution in [0.4, 0.5) is 0 Å². The molecular formula is C13H16N6O4. The van der Waals surface area contributed by atoms with Crippen molar-refractivity contribution in [3.05, 3.63) is 45.2 Å². The van der Waals surface area contributed by atoms with E-state index in [-0.39, 0.29) is 31.6 Å². The lowest BCUT2D eigenvalue weighted by atomic mass is 10.4. The Morgan fingerprint density at radius 1 is 1.35 bits per heavy atom. The first-order valence-electron chi connectivity index (χ1n) is 6.76. The minimum absolute atomic E-state index is 0. The number of rotatable bonds is 4. The van der Waals surface area contributed by atoms with Gasteiger partial charge in [0.15, 0.2) is 16.9 Å². The topological polar surface area (TPSA) is 117 Å². The minimum Gasteiger partial charge on any atom is -0.360 e. The fourth-order valence-corrected chi connectivity index (χ4v) is 2.25. The van der Waals surface area contributed by atoms with Crippen molar-refractivity contribution in [2.24, 2.45) is 14.1 Å². The number of nitrogens with zero attached hydrogens (tertiary/aromatic N) is 5. The zero-order valence-electron chi connectivity index (χ0n) is 12.5. The highest BCUT2D eigenvalue weighted by atomic mass is 16.5. The van der Waals surface area contributed by atoms with Crippen molar-refractivity contribution < 1.29 is 10.7 Å². The molecule has 0 bridgehead atoms. The maximum Gasteiger partial charge on any atom is 0.332 e. The summed E-state index contributed by atoms with van der Waals surface area (Å²) in [5, 5.41) is 6.19. The van der Waals surface area contributed by atoms with E-state index in [1.54, 1.807) is 6.07 Å². The highest BCUT2D eigenvalue weighted by molar-refractivity contribution is 5.78. The van der Waals surface area contributed by atoms with Crippen molar-refractivity contribution in [3.63, 3.8) is 0 Å². The maximum absolute atomic E-state index is 12.2. The van der Waals surface area contributed by atoms with Crippen LogP contribution in [0.15, 0.2) is 32.7 Å². The van der Waals surface area contributed by atoms with E-state index >= 15 is 0 Å². The molecule has 1 N–H and O–H groups in total. The third-order valence-electron chi connectivity index (χ3n) is 3.48. The van der Waals surface area contributed by atoms with E-state index in [0.29, 0.717) is 5.76 Å². The van der Waals surface area contributed by atoms with Gasteiger partial charge in [-0.3, -0.25) is 18.7 Å². The summed E-state index contributed by atoms with van der Waals surface area (Å²) >= 11 is 0. The minimum atomic E-state index is -0.497. The van der Waals surface area contributed by atoms with E-state index in [1.165, 1.54) is 35.8 Å². The molecule has 0 unspecified atom stereocenters. The van der Waals surface area contributed by atoms with Gasteiger partial charge in [-0.05, 0) is 0 Å². The highest BCUT2D eigenvalue weighted by Gasteiger charge is 2.15. The van der Waals surface area contributed by atoms with Crippen molar-refractivity contribution in [1.82, 2.24) is 29.2 Å². The fraction of sp³-hybridized carbons (Fsp3) is 0.308. The van der Waals surface area contributed by atoms with Crippen LogP contribution >= 0.6 is 0 Å². The summed E-state index contributed by atoms with van der Waals surface area (Å²) in [5.41, 5.74) is -0.531. The van der Waals surface area contributed by atoms with E-state index in [0.717, 1.165) is 4.57 Å². The first kappa shape index (κ1) is 14.8. The summed E-state index contributed by atoms with van der Waals surface area (Å²) in [5.74, 6) is 0.198. The number of aryl methyl sites for hydroxylation is 1. The van der Waals surface area contributed by atoms with Crippen molar-refractivity contribution in [1.29, 1.82) is 0 Å². The Morgan fingerprint density at radius 3 is 2.83 bits per heavy atom. The smallest absolute Gasteiger partial charge is 0.332 e. The number of carbonyl (C=O) groups excluding carboxylic acids is 1. The van der Waals surface area contributed by atoms with Gasteiger partial charge in [0.2, 0.25) is 5.91 Å². The van der Waals surface area contributed by atoms with E-state index in [4.69, 9.17) is 4.52 Å². The van der Waals surface area contributed by atoms with Gasteiger partial charge in [0.25, 0.3) is 5.56 Å². The SMILES string of the molecule is Cn1c(=O)c2c(ncn2CC(=O)NCc2ccno2)n(C)c1=O.[HH]. The van der Waals surface area contributed by atoms with Gasteiger partial charge in [-0.15, -0.1) is 0 Å². The average molecular weight is 320 g/mol. The largest absolute Gasteiger partial charge is 0.360 e. The van der Waals surface area contributed by atoms with Gasteiger partial charge >= 0.3 is 5.69 Å². The molecule has 0 aliphatic rings. The number of hydrogen-bond acceptors (Lipinski definition) is 6. The van der Waals surface area contributed by atoms with E-state index in [2.05, 4.69) is 15.5 Å². The molecule has 0 aliphatic carbocycles. The van der Waals surface area contributed by atoms with Crippen LogP contribution in [0.3, 0.4) is 0 Å². The molecule has 0 fully saturated rings. The van der Waals surface area contributed by atoms with Gasteiger partial charge in [0, 0.05) is 21.6 Å². The number of amides is 1. The lowest BCUT2D eigenvalue weighted by Crippen LogP contribution is -2.38. The predicted molar refractivity (Wildman–Crippen MR) is 80.7 cm³/mol. The summed E-state index contributed by atoms with van der Waals surface area (Å²) in [6.45, 7) is 0.0973. The standard InChI is InChI=1S/C13H14N6O4.H2/c1-17-11-10(12(21)18(2)13(17)22)19(7-15-11)6-9(20)14-5-8-3-4-16-23-8;/h3-4,7H,5-6H2,1-2H3,(H,14,20);1H. The quantitative estimate of drug-likeness (QED) is 0.658. The molecule has 0 saturated carbocycles. The average Bonchev–Trinajstić information content (AvgIpc) is 3.18. The third-order valence-corrected chi connectivity index (χ3v) is 3.48. The van der Waals surface area contributed by atoms with Crippen LogP contribution in [0, 0.1) is 0 Å². The Labute approximate surface area is 130 Å². The van der Waals surface area contributed by atoms with E-state index in [1.807, 2.05) is 0 Å². The molecule has 0 aliphatic heterocycles. The van der Waals surface area contributed by atoms with Crippen LogP contribution in [0.1, 0.15) is 7.19 Å². The molecule has 10 nitrogen and oxygen atoms in total. The Bertz CT molecular complexity index is 984. The summed E-state index contributed by atoms with van der Waals surface area (Å²) in [7, 11) is 2.90. The van der Waals surface area contributed by atoms with Crippen molar-refractivity contribution in [2.75, 3.05) is 0 Å². The lowest BCUT2D eigenvalue weighted by molar-refractivity contribution is -0.121. The van der Waals surface area contributed by atoms with Gasteiger partial charge in [-0.2, -0.15) is 0 Å². The van der Waals surface area contributed by atoms with Gasteiger partial charge in [0.1, 0.15) is 6.54 Å². The normalized spacial score (nSPS) is 11.0. The van der Waals surface area contributed by atoms with Gasteiger partial charge in [0.05, 0.1) is 19.1 Å². The molecule has 3 rings (SSSR count). The first-order valence-corrected chi connectivity index (χ1v) is 6.76. The van der Waals surface area contributed by atoms with Crippen LogP contribution in [-0.4, -0.2) is 29.7 Å². The summed E-state index contributed by atoms with van der Waals surface area (Å²) < 4.78 is 8.53. The number of carbonyl (C=O) groups is 1.